The molecule has 0 unspecified atom stereocenters. The molecule has 1 aliphatic heterocycles. The number of hydrogen-bond donors (Lipinski definition) is 1. The zero-order valence-electron chi connectivity index (χ0n) is 13.0. The van der Waals surface area contributed by atoms with E-state index in [1.165, 1.54) is 5.56 Å². The van der Waals surface area contributed by atoms with E-state index in [0.29, 0.717) is 0 Å². The van der Waals surface area contributed by atoms with Gasteiger partial charge in [0.25, 0.3) is 5.91 Å². The van der Waals surface area contributed by atoms with Crippen molar-refractivity contribution in [2.45, 2.75) is 25.4 Å². The molecule has 0 aromatic heterocycles. The van der Waals surface area contributed by atoms with Crippen molar-refractivity contribution >= 4 is 28.5 Å². The standard InChI is InChI=1S/C19H21IN2O/c20-17-8-6-16(7-9-17)19(23)21-18-10-12-22(13-11-18)14-15-4-2-1-3-5-15/h1-9,18H,10-14H2,(H,21,23)/i20-3. The van der Waals surface area contributed by atoms with Gasteiger partial charge in [0.05, 0.1) is 0 Å². The Morgan fingerprint density at radius 3 is 2.35 bits per heavy atom. The average molecular weight is 417 g/mol. The van der Waals surface area contributed by atoms with Crippen molar-refractivity contribution in [2.24, 2.45) is 0 Å². The van der Waals surface area contributed by atoms with Crippen LogP contribution in [-0.2, 0) is 6.54 Å². The molecular formula is C19H21IN2O. The van der Waals surface area contributed by atoms with Gasteiger partial charge in [-0.15, -0.1) is 0 Å². The highest BCUT2D eigenvalue weighted by Gasteiger charge is 2.21. The van der Waals surface area contributed by atoms with Gasteiger partial charge in [0, 0.05) is 34.8 Å². The molecule has 1 N–H and O–H groups in total. The van der Waals surface area contributed by atoms with Crippen LogP contribution in [0.1, 0.15) is 28.8 Å². The largest absolute Gasteiger partial charge is 0.349 e. The third-order valence-corrected chi connectivity index (χ3v) is 5.00. The monoisotopic (exact) mass is 417 g/mol. The number of piperidine rings is 1. The summed E-state index contributed by atoms with van der Waals surface area (Å²) in [5.41, 5.74) is 2.10. The van der Waals surface area contributed by atoms with Gasteiger partial charge in [0.15, 0.2) is 0 Å². The van der Waals surface area contributed by atoms with Gasteiger partial charge in [-0.05, 0) is 65.3 Å². The number of nitrogens with zero attached hydrogens (tertiary/aromatic N) is 1. The maximum atomic E-state index is 12.3. The van der Waals surface area contributed by atoms with E-state index in [-0.39, 0.29) is 11.9 Å². The molecule has 1 amide bonds. The van der Waals surface area contributed by atoms with Gasteiger partial charge in [-0.2, -0.15) is 0 Å². The van der Waals surface area contributed by atoms with E-state index >= 15 is 0 Å². The molecule has 3 nitrogen and oxygen atoms in total. The minimum Gasteiger partial charge on any atom is -0.349 e. The van der Waals surface area contributed by atoms with Crippen LogP contribution in [0.15, 0.2) is 54.6 Å². The van der Waals surface area contributed by atoms with E-state index < -0.39 is 0 Å². The lowest BCUT2D eigenvalue weighted by molar-refractivity contribution is 0.0909. The van der Waals surface area contributed by atoms with Crippen LogP contribution in [0.5, 0.6) is 0 Å². The summed E-state index contributed by atoms with van der Waals surface area (Å²) in [6, 6.07) is 18.6. The first-order chi connectivity index (χ1) is 11.2. The van der Waals surface area contributed by atoms with E-state index in [9.17, 15) is 4.79 Å². The molecule has 0 spiro atoms. The summed E-state index contributed by atoms with van der Waals surface area (Å²) in [5.74, 6) is 0.0444. The fourth-order valence-corrected chi connectivity index (χ4v) is 3.31. The maximum absolute atomic E-state index is 12.3. The Hall–Kier alpha value is -1.40. The zero-order valence-corrected chi connectivity index (χ0v) is 15.2. The molecule has 1 aliphatic rings. The summed E-state index contributed by atoms with van der Waals surface area (Å²) in [7, 11) is 0. The zero-order chi connectivity index (χ0) is 16.1. The quantitative estimate of drug-likeness (QED) is 0.770. The highest BCUT2D eigenvalue weighted by Crippen LogP contribution is 2.15. The van der Waals surface area contributed by atoms with Crippen molar-refractivity contribution < 1.29 is 4.79 Å². The topological polar surface area (TPSA) is 32.3 Å². The molecule has 0 radical (unpaired) electrons. The summed E-state index contributed by atoms with van der Waals surface area (Å²) in [5, 5.41) is 3.17. The Balaban J connectivity index is 1.47. The molecule has 1 fully saturated rings. The molecule has 3 rings (SSSR count). The van der Waals surface area contributed by atoms with Crippen LogP contribution in [0.2, 0.25) is 0 Å². The Morgan fingerprint density at radius 2 is 1.70 bits per heavy atom. The molecule has 23 heavy (non-hydrogen) atoms. The summed E-state index contributed by atoms with van der Waals surface area (Å²) in [6.07, 6.45) is 2.03. The SMILES string of the molecule is O=C(NC1CCN(Cc2ccccc2)CC1)c1ccc([124I])cc1. The number of hydrogen-bond acceptors (Lipinski definition) is 2. The summed E-state index contributed by atoms with van der Waals surface area (Å²) in [4.78, 5) is 14.7. The van der Waals surface area contributed by atoms with Crippen LogP contribution in [0.25, 0.3) is 0 Å². The molecule has 0 saturated carbocycles. The summed E-state index contributed by atoms with van der Waals surface area (Å²) < 4.78 is 1.15. The predicted molar refractivity (Wildman–Crippen MR) is 101 cm³/mol. The first-order valence-corrected chi connectivity index (χ1v) is 9.11. The number of halogens is 1. The second kappa shape index (κ2) is 7.93. The van der Waals surface area contributed by atoms with Gasteiger partial charge in [-0.1, -0.05) is 30.3 Å². The van der Waals surface area contributed by atoms with Crippen molar-refractivity contribution in [1.82, 2.24) is 10.2 Å². The van der Waals surface area contributed by atoms with E-state index in [4.69, 9.17) is 0 Å². The number of carbonyl (C=O) groups excluding carboxylic acids is 1. The highest BCUT2D eigenvalue weighted by molar-refractivity contribution is 14.1. The van der Waals surface area contributed by atoms with Crippen molar-refractivity contribution in [3.63, 3.8) is 0 Å². The second-order valence-electron chi connectivity index (χ2n) is 6.02. The first-order valence-electron chi connectivity index (χ1n) is 8.03. The third-order valence-electron chi connectivity index (χ3n) is 4.28. The van der Waals surface area contributed by atoms with Gasteiger partial charge < -0.3 is 5.32 Å². The molecule has 0 atom stereocenters. The van der Waals surface area contributed by atoms with Crippen LogP contribution in [0, 0.1) is 3.57 Å². The molecule has 2 aromatic carbocycles. The van der Waals surface area contributed by atoms with Crippen molar-refractivity contribution in [1.29, 1.82) is 0 Å². The Labute approximate surface area is 151 Å². The molecule has 2 aromatic rings. The molecule has 4 heteroatoms. The third kappa shape index (κ3) is 4.78. The second-order valence-corrected chi connectivity index (χ2v) is 7.26. The highest BCUT2D eigenvalue weighted by atomic mass is 124. The average Bonchev–Trinajstić information content (AvgIpc) is 2.58. The van der Waals surface area contributed by atoms with Crippen LogP contribution in [-0.4, -0.2) is 29.9 Å². The molecule has 120 valence electrons. The van der Waals surface area contributed by atoms with Gasteiger partial charge in [-0.3, -0.25) is 9.69 Å². The minimum atomic E-state index is 0.0444. The number of carbonyl (C=O) groups is 1. The van der Waals surface area contributed by atoms with Gasteiger partial charge in [0.2, 0.25) is 0 Å². The van der Waals surface area contributed by atoms with Crippen LogP contribution in [0.4, 0.5) is 0 Å². The fraction of sp³-hybridized carbons (Fsp3) is 0.316. The van der Waals surface area contributed by atoms with E-state index in [0.717, 1.165) is 41.6 Å². The van der Waals surface area contributed by atoms with Crippen LogP contribution in [0.3, 0.4) is 0 Å². The number of likely N-dealkylation sites (tertiary alicyclic amines) is 1. The molecule has 1 saturated heterocycles. The number of nitrogens with one attached hydrogen (secondary N) is 1. The van der Waals surface area contributed by atoms with Crippen LogP contribution >= 0.6 is 22.6 Å². The van der Waals surface area contributed by atoms with Gasteiger partial charge >= 0.3 is 0 Å². The smallest absolute Gasteiger partial charge is 0.251 e. The lowest BCUT2D eigenvalue weighted by atomic mass is 10.0. The van der Waals surface area contributed by atoms with Gasteiger partial charge in [-0.25, -0.2) is 0 Å². The Morgan fingerprint density at radius 1 is 1.04 bits per heavy atom. The fourth-order valence-electron chi connectivity index (χ4n) is 2.95. The molecule has 0 aliphatic carbocycles. The lowest BCUT2D eigenvalue weighted by Gasteiger charge is -2.32. The molecule has 0 bridgehead atoms. The predicted octanol–water partition coefficient (Wildman–Crippen LogP) is 3.69. The van der Waals surface area contributed by atoms with E-state index in [1.807, 2.05) is 24.3 Å². The number of benzene rings is 2. The van der Waals surface area contributed by atoms with Gasteiger partial charge in [0.1, 0.15) is 0 Å². The minimum absolute atomic E-state index is 0.0444. The normalized spacial score (nSPS) is 16.2. The first kappa shape index (κ1) is 16.5. The summed E-state index contributed by atoms with van der Waals surface area (Å²) in [6.45, 7) is 3.07. The van der Waals surface area contributed by atoms with Crippen molar-refractivity contribution in [3.8, 4) is 0 Å². The number of amides is 1. The Bertz CT molecular complexity index is 634. The van der Waals surface area contributed by atoms with E-state index in [2.05, 4.69) is 63.1 Å². The Kier molecular flexibility index (Phi) is 5.67. The lowest BCUT2D eigenvalue weighted by Crippen LogP contribution is -2.44. The summed E-state index contributed by atoms with van der Waals surface area (Å²) >= 11 is 2.25. The maximum Gasteiger partial charge on any atom is 0.251 e. The molecular weight excluding hydrogens is 396 g/mol. The number of rotatable bonds is 4. The van der Waals surface area contributed by atoms with Crippen molar-refractivity contribution in [3.05, 3.63) is 69.3 Å². The van der Waals surface area contributed by atoms with E-state index in [1.54, 1.807) is 0 Å². The van der Waals surface area contributed by atoms with Crippen molar-refractivity contribution in [2.75, 3.05) is 13.1 Å². The van der Waals surface area contributed by atoms with Crippen LogP contribution < -0.4 is 5.32 Å². The molecule has 1 heterocycles.